The lowest BCUT2D eigenvalue weighted by molar-refractivity contribution is 0.0714. The Morgan fingerprint density at radius 2 is 1.86 bits per heavy atom. The van der Waals surface area contributed by atoms with Crippen LogP contribution in [0.15, 0.2) is 76.5 Å². The number of carbonyl (C=O) groups is 1. The molecule has 4 aromatic rings. The summed E-state index contributed by atoms with van der Waals surface area (Å²) < 4.78 is 17.4. The average Bonchev–Trinajstić information content (AvgIpc) is 3.15. The number of hydrogen-bond donors (Lipinski definition) is 0. The lowest BCUT2D eigenvalue weighted by Crippen LogP contribution is -2.29. The molecule has 0 bridgehead atoms. The van der Waals surface area contributed by atoms with Crippen LogP contribution in [-0.4, -0.2) is 24.5 Å². The molecule has 1 unspecified atom stereocenters. The van der Waals surface area contributed by atoms with Crippen LogP contribution in [0.1, 0.15) is 44.4 Å². The average molecular weight is 516 g/mol. The Bertz CT molecular complexity index is 1610. The molecule has 1 aromatic heterocycles. The zero-order valence-corrected chi connectivity index (χ0v) is 21.6. The Morgan fingerprint density at radius 3 is 2.59 bits per heavy atom. The van der Waals surface area contributed by atoms with Gasteiger partial charge in [0.15, 0.2) is 16.9 Å². The highest BCUT2D eigenvalue weighted by atomic mass is 35.5. The monoisotopic (exact) mass is 515 g/mol. The number of carbonyl (C=O) groups excluding carboxylic acids is 1. The van der Waals surface area contributed by atoms with E-state index in [-0.39, 0.29) is 23.6 Å². The topological polar surface area (TPSA) is 69.0 Å². The molecule has 1 amide bonds. The maximum Gasteiger partial charge on any atom is 0.291 e. The predicted molar refractivity (Wildman–Crippen MR) is 144 cm³/mol. The molecule has 5 rings (SSSR count). The molecule has 2 heterocycles. The van der Waals surface area contributed by atoms with Crippen molar-refractivity contribution in [1.82, 2.24) is 4.90 Å². The SMILES string of the molecule is C=CCOc1ccc(C2c3c(oc4cc(C)cc(C)c4c3=O)C(=O)N2Cc2ccccc2Cl)cc1OC. The predicted octanol–water partition coefficient (Wildman–Crippen LogP) is 6.38. The number of ether oxygens (including phenoxy) is 2. The van der Waals surface area contributed by atoms with Crippen LogP contribution < -0.4 is 14.9 Å². The first kappa shape index (κ1) is 24.7. The number of halogens is 1. The van der Waals surface area contributed by atoms with Gasteiger partial charge in [0.25, 0.3) is 5.91 Å². The zero-order valence-electron chi connectivity index (χ0n) is 20.8. The van der Waals surface area contributed by atoms with Crippen molar-refractivity contribution in [3.05, 3.63) is 116 Å². The molecule has 0 N–H and O–H groups in total. The fourth-order valence-corrected chi connectivity index (χ4v) is 5.15. The number of rotatable bonds is 7. The smallest absolute Gasteiger partial charge is 0.291 e. The van der Waals surface area contributed by atoms with Gasteiger partial charge in [0.05, 0.1) is 24.1 Å². The third-order valence-electron chi connectivity index (χ3n) is 6.57. The van der Waals surface area contributed by atoms with E-state index < -0.39 is 6.04 Å². The number of benzene rings is 3. The van der Waals surface area contributed by atoms with Gasteiger partial charge in [0.2, 0.25) is 5.76 Å². The number of amides is 1. The van der Waals surface area contributed by atoms with Crippen LogP contribution in [0.25, 0.3) is 11.0 Å². The molecule has 0 aliphatic carbocycles. The van der Waals surface area contributed by atoms with Crippen molar-refractivity contribution in [3.8, 4) is 11.5 Å². The minimum absolute atomic E-state index is 0.0468. The maximum absolute atomic E-state index is 14.0. The number of nitrogens with zero attached hydrogens (tertiary/aromatic N) is 1. The molecule has 1 aliphatic heterocycles. The van der Waals surface area contributed by atoms with Crippen molar-refractivity contribution in [1.29, 1.82) is 0 Å². The van der Waals surface area contributed by atoms with Crippen LogP contribution in [0, 0.1) is 13.8 Å². The fourth-order valence-electron chi connectivity index (χ4n) is 4.96. The second-order valence-electron chi connectivity index (χ2n) is 9.07. The van der Waals surface area contributed by atoms with Gasteiger partial charge in [-0.05, 0) is 60.4 Å². The van der Waals surface area contributed by atoms with E-state index >= 15 is 0 Å². The molecule has 6 nitrogen and oxygen atoms in total. The molecular weight excluding hydrogens is 490 g/mol. The van der Waals surface area contributed by atoms with Gasteiger partial charge in [-0.15, -0.1) is 0 Å². The molecular formula is C30H26ClNO5. The molecule has 0 fully saturated rings. The lowest BCUT2D eigenvalue weighted by Gasteiger charge is -2.26. The summed E-state index contributed by atoms with van der Waals surface area (Å²) in [5.41, 5.74) is 3.68. The number of fused-ring (bicyclic) bond motifs is 2. The minimum Gasteiger partial charge on any atom is -0.493 e. The number of aryl methyl sites for hydroxylation is 2. The van der Waals surface area contributed by atoms with Crippen molar-refractivity contribution >= 4 is 28.5 Å². The molecule has 37 heavy (non-hydrogen) atoms. The highest BCUT2D eigenvalue weighted by Crippen LogP contribution is 2.42. The van der Waals surface area contributed by atoms with E-state index in [9.17, 15) is 9.59 Å². The molecule has 0 radical (unpaired) electrons. The van der Waals surface area contributed by atoms with Gasteiger partial charge in [-0.3, -0.25) is 9.59 Å². The molecule has 7 heteroatoms. The summed E-state index contributed by atoms with van der Waals surface area (Å²) >= 11 is 6.46. The van der Waals surface area contributed by atoms with Crippen LogP contribution in [0.2, 0.25) is 5.02 Å². The van der Waals surface area contributed by atoms with Crippen LogP contribution in [0.4, 0.5) is 0 Å². The van der Waals surface area contributed by atoms with E-state index in [2.05, 4.69) is 6.58 Å². The fraction of sp³-hybridized carbons (Fsp3) is 0.200. The van der Waals surface area contributed by atoms with Crippen molar-refractivity contribution in [3.63, 3.8) is 0 Å². The van der Waals surface area contributed by atoms with Crippen molar-refractivity contribution in [2.45, 2.75) is 26.4 Å². The van der Waals surface area contributed by atoms with Gasteiger partial charge in [-0.1, -0.05) is 54.6 Å². The van der Waals surface area contributed by atoms with Crippen LogP contribution in [-0.2, 0) is 6.54 Å². The van der Waals surface area contributed by atoms with Crippen LogP contribution >= 0.6 is 11.6 Å². The summed E-state index contributed by atoms with van der Waals surface area (Å²) in [6.45, 7) is 7.99. The second-order valence-corrected chi connectivity index (χ2v) is 9.47. The van der Waals surface area contributed by atoms with Gasteiger partial charge in [0, 0.05) is 11.6 Å². The van der Waals surface area contributed by atoms with Gasteiger partial charge in [-0.25, -0.2) is 0 Å². The van der Waals surface area contributed by atoms with Crippen LogP contribution in [0.3, 0.4) is 0 Å². The third kappa shape index (κ3) is 4.27. The molecule has 1 aliphatic rings. The summed E-state index contributed by atoms with van der Waals surface area (Å²) in [5, 5.41) is 1.01. The second kappa shape index (κ2) is 9.79. The van der Waals surface area contributed by atoms with E-state index in [4.69, 9.17) is 25.5 Å². The first-order valence-electron chi connectivity index (χ1n) is 11.9. The molecule has 3 aromatic carbocycles. The standard InChI is InChI=1S/C30H26ClNO5/c1-5-12-36-22-11-10-19(15-23(22)35-4)27-26-28(33)25-18(3)13-17(2)14-24(25)37-29(26)30(34)32(27)16-20-8-6-7-9-21(20)31/h5-11,13-15,27H,1,12,16H2,2-4H3. The Balaban J connectivity index is 1.73. The molecule has 0 saturated heterocycles. The lowest BCUT2D eigenvalue weighted by atomic mass is 9.96. The van der Waals surface area contributed by atoms with Crippen molar-refractivity contribution < 1.29 is 18.7 Å². The number of hydrogen-bond acceptors (Lipinski definition) is 5. The van der Waals surface area contributed by atoms with Gasteiger partial charge < -0.3 is 18.8 Å². The Labute approximate surface area is 219 Å². The largest absolute Gasteiger partial charge is 0.493 e. The Morgan fingerprint density at radius 1 is 1.08 bits per heavy atom. The van der Waals surface area contributed by atoms with Crippen LogP contribution in [0.5, 0.6) is 11.5 Å². The van der Waals surface area contributed by atoms with E-state index in [1.54, 1.807) is 42.4 Å². The quantitative estimate of drug-likeness (QED) is 0.267. The summed E-state index contributed by atoms with van der Waals surface area (Å²) in [6.07, 6.45) is 1.64. The first-order valence-corrected chi connectivity index (χ1v) is 12.3. The van der Waals surface area contributed by atoms with E-state index in [0.717, 1.165) is 16.7 Å². The molecule has 1 atom stereocenters. The van der Waals surface area contributed by atoms with Crippen molar-refractivity contribution in [2.24, 2.45) is 0 Å². The molecule has 0 spiro atoms. The summed E-state index contributed by atoms with van der Waals surface area (Å²) in [5.74, 6) is 0.690. The first-order chi connectivity index (χ1) is 17.8. The maximum atomic E-state index is 14.0. The number of methoxy groups -OCH3 is 1. The normalized spacial score (nSPS) is 14.6. The highest BCUT2D eigenvalue weighted by Gasteiger charge is 2.43. The van der Waals surface area contributed by atoms with E-state index in [1.165, 1.54) is 0 Å². The third-order valence-corrected chi connectivity index (χ3v) is 6.94. The minimum atomic E-state index is -0.706. The van der Waals surface area contributed by atoms with Gasteiger partial charge in [0.1, 0.15) is 12.2 Å². The highest BCUT2D eigenvalue weighted by molar-refractivity contribution is 6.31. The van der Waals surface area contributed by atoms with E-state index in [0.29, 0.717) is 45.2 Å². The summed E-state index contributed by atoms with van der Waals surface area (Å²) in [7, 11) is 1.54. The van der Waals surface area contributed by atoms with E-state index in [1.807, 2.05) is 44.2 Å². The van der Waals surface area contributed by atoms with Gasteiger partial charge >= 0.3 is 0 Å². The molecule has 0 saturated carbocycles. The Hall–Kier alpha value is -4.03. The van der Waals surface area contributed by atoms with Gasteiger partial charge in [-0.2, -0.15) is 0 Å². The van der Waals surface area contributed by atoms with Crippen molar-refractivity contribution in [2.75, 3.05) is 13.7 Å². The zero-order chi connectivity index (χ0) is 26.3. The Kier molecular flexibility index (Phi) is 6.52. The summed E-state index contributed by atoms with van der Waals surface area (Å²) in [4.78, 5) is 29.4. The summed E-state index contributed by atoms with van der Waals surface area (Å²) in [6, 6.07) is 15.7. The molecule has 188 valence electrons.